The third-order valence-corrected chi connectivity index (χ3v) is 4.86. The standard InChI is InChI=1S/C14H22O2/c1-10-5-4-6-11(2)14(10)8-7-12(9-14)13(15)16-3/h5,11-12H,4,6-9H2,1-3H3/t11?,12-,14+/m1/s1. The van der Waals surface area contributed by atoms with Crippen molar-refractivity contribution in [2.24, 2.45) is 17.3 Å². The first-order valence-corrected chi connectivity index (χ1v) is 6.35. The van der Waals surface area contributed by atoms with Gasteiger partial charge in [0.05, 0.1) is 13.0 Å². The molecule has 0 heterocycles. The summed E-state index contributed by atoms with van der Waals surface area (Å²) in [6.07, 6.45) is 8.02. The van der Waals surface area contributed by atoms with E-state index in [1.807, 2.05) is 0 Å². The lowest BCUT2D eigenvalue weighted by atomic mass is 9.65. The Labute approximate surface area is 98.1 Å². The highest BCUT2D eigenvalue weighted by atomic mass is 16.5. The molecule has 3 atom stereocenters. The van der Waals surface area contributed by atoms with E-state index in [9.17, 15) is 4.79 Å². The molecule has 2 aliphatic carbocycles. The summed E-state index contributed by atoms with van der Waals surface area (Å²) in [6.45, 7) is 4.59. The molecule has 0 aliphatic heterocycles. The van der Waals surface area contributed by atoms with Crippen molar-refractivity contribution in [2.75, 3.05) is 7.11 Å². The zero-order valence-corrected chi connectivity index (χ0v) is 10.6. The molecule has 1 saturated carbocycles. The molecule has 0 aromatic carbocycles. The molecule has 0 N–H and O–H groups in total. The van der Waals surface area contributed by atoms with E-state index < -0.39 is 0 Å². The van der Waals surface area contributed by atoms with Crippen LogP contribution >= 0.6 is 0 Å². The van der Waals surface area contributed by atoms with E-state index in [2.05, 4.69) is 19.9 Å². The summed E-state index contributed by atoms with van der Waals surface area (Å²) in [4.78, 5) is 11.6. The average Bonchev–Trinajstić information content (AvgIpc) is 2.72. The summed E-state index contributed by atoms with van der Waals surface area (Å²) >= 11 is 0. The highest BCUT2D eigenvalue weighted by Crippen LogP contribution is 2.55. The van der Waals surface area contributed by atoms with Gasteiger partial charge in [0.15, 0.2) is 0 Å². The molecule has 1 fully saturated rings. The van der Waals surface area contributed by atoms with Crippen molar-refractivity contribution in [1.29, 1.82) is 0 Å². The topological polar surface area (TPSA) is 26.3 Å². The lowest BCUT2D eigenvalue weighted by Crippen LogP contribution is -2.31. The fourth-order valence-corrected chi connectivity index (χ4v) is 3.67. The van der Waals surface area contributed by atoms with Gasteiger partial charge in [-0.15, -0.1) is 0 Å². The Balaban J connectivity index is 2.18. The van der Waals surface area contributed by atoms with Crippen LogP contribution in [0.1, 0.15) is 46.0 Å². The van der Waals surface area contributed by atoms with E-state index in [0.29, 0.717) is 11.3 Å². The van der Waals surface area contributed by atoms with Crippen LogP contribution in [-0.2, 0) is 9.53 Å². The maximum Gasteiger partial charge on any atom is 0.308 e. The molecule has 0 aromatic rings. The molecule has 1 unspecified atom stereocenters. The summed E-state index contributed by atoms with van der Waals surface area (Å²) < 4.78 is 4.88. The van der Waals surface area contributed by atoms with Crippen molar-refractivity contribution in [3.63, 3.8) is 0 Å². The van der Waals surface area contributed by atoms with E-state index in [1.54, 1.807) is 0 Å². The molecule has 2 rings (SSSR count). The van der Waals surface area contributed by atoms with Gasteiger partial charge in [-0.25, -0.2) is 0 Å². The molecular formula is C14H22O2. The van der Waals surface area contributed by atoms with Crippen molar-refractivity contribution in [3.8, 4) is 0 Å². The van der Waals surface area contributed by atoms with E-state index in [1.165, 1.54) is 25.5 Å². The molecule has 0 radical (unpaired) electrons. The van der Waals surface area contributed by atoms with Crippen LogP contribution in [0.5, 0.6) is 0 Å². The Morgan fingerprint density at radius 2 is 2.25 bits per heavy atom. The summed E-state index contributed by atoms with van der Waals surface area (Å²) in [7, 11) is 1.50. The molecule has 0 aromatic heterocycles. The SMILES string of the molecule is COC(=O)[C@@H]1CC[C@]2(C1)C(C)=CCCC2C. The van der Waals surface area contributed by atoms with Crippen LogP contribution in [0.3, 0.4) is 0 Å². The highest BCUT2D eigenvalue weighted by molar-refractivity contribution is 5.72. The number of allylic oxidation sites excluding steroid dienone is 2. The minimum Gasteiger partial charge on any atom is -0.469 e. The van der Waals surface area contributed by atoms with E-state index in [0.717, 1.165) is 19.3 Å². The van der Waals surface area contributed by atoms with Crippen LogP contribution in [0.4, 0.5) is 0 Å². The Hall–Kier alpha value is -0.790. The summed E-state index contributed by atoms with van der Waals surface area (Å²) in [6, 6.07) is 0. The minimum atomic E-state index is -0.0116. The number of carbonyl (C=O) groups is 1. The van der Waals surface area contributed by atoms with Gasteiger partial charge in [-0.1, -0.05) is 18.6 Å². The first-order valence-electron chi connectivity index (χ1n) is 6.35. The van der Waals surface area contributed by atoms with Crippen LogP contribution in [0.2, 0.25) is 0 Å². The van der Waals surface area contributed by atoms with Crippen LogP contribution in [0.15, 0.2) is 11.6 Å². The minimum absolute atomic E-state index is 0.0116. The molecular weight excluding hydrogens is 200 g/mol. The second-order valence-electron chi connectivity index (χ2n) is 5.48. The first-order chi connectivity index (χ1) is 7.60. The molecule has 2 heteroatoms. The van der Waals surface area contributed by atoms with Gasteiger partial charge in [0.25, 0.3) is 0 Å². The Morgan fingerprint density at radius 1 is 1.50 bits per heavy atom. The number of carbonyl (C=O) groups excluding carboxylic acids is 1. The van der Waals surface area contributed by atoms with Gasteiger partial charge >= 0.3 is 5.97 Å². The summed E-state index contributed by atoms with van der Waals surface area (Å²) in [5.41, 5.74) is 1.81. The van der Waals surface area contributed by atoms with Crippen molar-refractivity contribution in [1.82, 2.24) is 0 Å². The van der Waals surface area contributed by atoms with Crippen LogP contribution in [0, 0.1) is 17.3 Å². The molecule has 0 saturated heterocycles. The Morgan fingerprint density at radius 3 is 2.88 bits per heavy atom. The van der Waals surface area contributed by atoms with Gasteiger partial charge in [0.2, 0.25) is 0 Å². The molecule has 16 heavy (non-hydrogen) atoms. The number of esters is 1. The summed E-state index contributed by atoms with van der Waals surface area (Å²) in [5.74, 6) is 0.837. The monoisotopic (exact) mass is 222 g/mol. The molecule has 2 aliphatic rings. The maximum absolute atomic E-state index is 11.6. The molecule has 0 bridgehead atoms. The number of ether oxygens (including phenoxy) is 1. The van der Waals surface area contributed by atoms with Crippen LogP contribution in [-0.4, -0.2) is 13.1 Å². The zero-order valence-electron chi connectivity index (χ0n) is 10.6. The second kappa shape index (κ2) is 4.23. The van der Waals surface area contributed by atoms with Crippen molar-refractivity contribution >= 4 is 5.97 Å². The lowest BCUT2D eigenvalue weighted by Gasteiger charge is -2.40. The van der Waals surface area contributed by atoms with Gasteiger partial charge < -0.3 is 4.74 Å². The van der Waals surface area contributed by atoms with E-state index in [-0.39, 0.29) is 11.9 Å². The van der Waals surface area contributed by atoms with Crippen molar-refractivity contribution < 1.29 is 9.53 Å². The quantitative estimate of drug-likeness (QED) is 0.502. The van der Waals surface area contributed by atoms with Crippen LogP contribution < -0.4 is 0 Å². The van der Waals surface area contributed by atoms with Crippen molar-refractivity contribution in [2.45, 2.75) is 46.0 Å². The fourth-order valence-electron chi connectivity index (χ4n) is 3.67. The van der Waals surface area contributed by atoms with Gasteiger partial charge in [0.1, 0.15) is 0 Å². The first kappa shape index (κ1) is 11.7. The molecule has 2 nitrogen and oxygen atoms in total. The second-order valence-corrected chi connectivity index (χ2v) is 5.48. The van der Waals surface area contributed by atoms with E-state index in [4.69, 9.17) is 4.74 Å². The van der Waals surface area contributed by atoms with Crippen molar-refractivity contribution in [3.05, 3.63) is 11.6 Å². The maximum atomic E-state index is 11.6. The van der Waals surface area contributed by atoms with Gasteiger partial charge in [-0.05, 0) is 50.4 Å². The van der Waals surface area contributed by atoms with Gasteiger partial charge in [0, 0.05) is 0 Å². The molecule has 0 amide bonds. The van der Waals surface area contributed by atoms with Gasteiger partial charge in [-0.2, -0.15) is 0 Å². The van der Waals surface area contributed by atoms with E-state index >= 15 is 0 Å². The largest absolute Gasteiger partial charge is 0.469 e. The summed E-state index contributed by atoms with van der Waals surface area (Å²) in [5, 5.41) is 0. The molecule has 90 valence electrons. The number of hydrogen-bond acceptors (Lipinski definition) is 2. The molecule has 1 spiro atoms. The zero-order chi connectivity index (χ0) is 11.8. The highest BCUT2D eigenvalue weighted by Gasteiger charge is 2.47. The number of rotatable bonds is 1. The predicted molar refractivity (Wildman–Crippen MR) is 63.9 cm³/mol. The number of methoxy groups -OCH3 is 1. The average molecular weight is 222 g/mol. The Bertz CT molecular complexity index is 319. The Kier molecular flexibility index (Phi) is 3.09. The number of hydrogen-bond donors (Lipinski definition) is 0. The third-order valence-electron chi connectivity index (χ3n) is 4.86. The lowest BCUT2D eigenvalue weighted by molar-refractivity contribution is -0.145. The normalized spacial score (nSPS) is 38.6. The predicted octanol–water partition coefficient (Wildman–Crippen LogP) is 3.32. The van der Waals surface area contributed by atoms with Gasteiger partial charge in [-0.3, -0.25) is 4.79 Å². The van der Waals surface area contributed by atoms with Crippen LogP contribution in [0.25, 0.3) is 0 Å². The smallest absolute Gasteiger partial charge is 0.308 e. The fraction of sp³-hybridized carbons (Fsp3) is 0.786. The third kappa shape index (κ3) is 1.68.